The van der Waals surface area contributed by atoms with E-state index in [1.807, 2.05) is 11.8 Å². The van der Waals surface area contributed by atoms with Gasteiger partial charge in [-0.2, -0.15) is 0 Å². The Kier molecular flexibility index (Phi) is 4.61. The van der Waals surface area contributed by atoms with E-state index >= 15 is 0 Å². The van der Waals surface area contributed by atoms with Crippen molar-refractivity contribution in [3.63, 3.8) is 0 Å². The fourth-order valence-corrected chi connectivity index (χ4v) is 3.67. The molecule has 0 aromatic heterocycles. The lowest BCUT2D eigenvalue weighted by atomic mass is 9.74. The Morgan fingerprint density at radius 3 is 2.67 bits per heavy atom. The van der Waals surface area contributed by atoms with E-state index in [1.54, 1.807) is 7.05 Å². The summed E-state index contributed by atoms with van der Waals surface area (Å²) < 4.78 is 0. The van der Waals surface area contributed by atoms with E-state index < -0.39 is 5.41 Å². The van der Waals surface area contributed by atoms with Crippen molar-refractivity contribution in [2.75, 3.05) is 33.2 Å². The van der Waals surface area contributed by atoms with Gasteiger partial charge < -0.3 is 15.5 Å². The summed E-state index contributed by atoms with van der Waals surface area (Å²) >= 11 is 0. The van der Waals surface area contributed by atoms with Crippen LogP contribution in [0.3, 0.4) is 0 Å². The number of likely N-dealkylation sites (tertiary alicyclic amines) is 1. The molecule has 0 spiro atoms. The number of hydrogen-bond donors (Lipinski definition) is 2. The lowest BCUT2D eigenvalue weighted by Crippen LogP contribution is -2.49. The largest absolute Gasteiger partial charge is 0.359 e. The number of amides is 2. The van der Waals surface area contributed by atoms with Gasteiger partial charge in [-0.15, -0.1) is 0 Å². The minimum atomic E-state index is -0.439. The topological polar surface area (TPSA) is 61.4 Å². The van der Waals surface area contributed by atoms with Gasteiger partial charge in [-0.05, 0) is 45.2 Å². The van der Waals surface area contributed by atoms with Gasteiger partial charge in [-0.1, -0.05) is 13.8 Å². The first-order valence-electron chi connectivity index (χ1n) is 8.03. The van der Waals surface area contributed by atoms with Crippen molar-refractivity contribution in [3.8, 4) is 0 Å². The van der Waals surface area contributed by atoms with Gasteiger partial charge in [0.25, 0.3) is 0 Å². The molecular weight excluding hydrogens is 266 g/mol. The van der Waals surface area contributed by atoms with Crippen LogP contribution < -0.4 is 10.6 Å². The second-order valence-corrected chi connectivity index (χ2v) is 7.38. The van der Waals surface area contributed by atoms with Crippen molar-refractivity contribution < 1.29 is 9.59 Å². The molecule has 5 heteroatoms. The molecule has 2 rings (SSSR count). The fraction of sp³-hybridized carbons (Fsp3) is 0.875. The fourth-order valence-electron chi connectivity index (χ4n) is 3.67. The Hall–Kier alpha value is -1.10. The molecular formula is C16H29N3O2. The van der Waals surface area contributed by atoms with Gasteiger partial charge in [0.15, 0.2) is 0 Å². The number of hydrogen-bond acceptors (Lipinski definition) is 3. The second kappa shape index (κ2) is 5.95. The van der Waals surface area contributed by atoms with Crippen LogP contribution in [0.5, 0.6) is 0 Å². The van der Waals surface area contributed by atoms with Gasteiger partial charge in [0.2, 0.25) is 11.8 Å². The number of carbonyl (C=O) groups excluding carboxylic acids is 2. The van der Waals surface area contributed by atoms with E-state index in [1.165, 1.54) is 0 Å². The van der Waals surface area contributed by atoms with Crippen molar-refractivity contribution in [1.82, 2.24) is 15.5 Å². The van der Waals surface area contributed by atoms with Crippen molar-refractivity contribution >= 4 is 11.8 Å². The highest BCUT2D eigenvalue weighted by Crippen LogP contribution is 2.37. The van der Waals surface area contributed by atoms with E-state index in [9.17, 15) is 9.59 Å². The zero-order valence-corrected chi connectivity index (χ0v) is 13.8. The lowest BCUT2D eigenvalue weighted by Gasteiger charge is -2.38. The highest BCUT2D eigenvalue weighted by atomic mass is 16.2. The molecule has 2 fully saturated rings. The molecule has 2 aliphatic rings. The summed E-state index contributed by atoms with van der Waals surface area (Å²) in [5.74, 6) is 0.615. The predicted octanol–water partition coefficient (Wildman–Crippen LogP) is 0.997. The molecule has 0 radical (unpaired) electrons. The Labute approximate surface area is 127 Å². The summed E-state index contributed by atoms with van der Waals surface area (Å²) in [5, 5.41) is 6.12. The van der Waals surface area contributed by atoms with E-state index in [0.29, 0.717) is 19.0 Å². The summed E-state index contributed by atoms with van der Waals surface area (Å²) in [7, 11) is 1.66. The third-order valence-electron chi connectivity index (χ3n) is 5.40. The third-order valence-corrected chi connectivity index (χ3v) is 5.40. The number of nitrogens with one attached hydrogen (secondary N) is 2. The monoisotopic (exact) mass is 295 g/mol. The van der Waals surface area contributed by atoms with E-state index in [2.05, 4.69) is 24.5 Å². The average molecular weight is 295 g/mol. The maximum atomic E-state index is 12.9. The van der Waals surface area contributed by atoms with Gasteiger partial charge in [0.05, 0.1) is 5.41 Å². The maximum absolute atomic E-state index is 12.9. The average Bonchev–Trinajstić information content (AvgIpc) is 2.90. The van der Waals surface area contributed by atoms with E-state index in [4.69, 9.17) is 0 Å². The van der Waals surface area contributed by atoms with E-state index in [-0.39, 0.29) is 17.2 Å². The quantitative estimate of drug-likeness (QED) is 0.816. The smallest absolute Gasteiger partial charge is 0.228 e. The van der Waals surface area contributed by atoms with Crippen LogP contribution in [0.15, 0.2) is 0 Å². The summed E-state index contributed by atoms with van der Waals surface area (Å²) in [5.41, 5.74) is -0.799. The normalized spacial score (nSPS) is 30.3. The van der Waals surface area contributed by atoms with Crippen LogP contribution >= 0.6 is 0 Å². The highest BCUT2D eigenvalue weighted by molar-refractivity contribution is 5.86. The Morgan fingerprint density at radius 2 is 2.10 bits per heavy atom. The van der Waals surface area contributed by atoms with Crippen LogP contribution in [0.4, 0.5) is 0 Å². The van der Waals surface area contributed by atoms with Gasteiger partial charge in [0.1, 0.15) is 0 Å². The first kappa shape index (κ1) is 16.3. The molecule has 0 bridgehead atoms. The highest BCUT2D eigenvalue weighted by Gasteiger charge is 2.46. The summed E-state index contributed by atoms with van der Waals surface area (Å²) in [4.78, 5) is 26.8. The Morgan fingerprint density at radius 1 is 1.38 bits per heavy atom. The molecule has 0 aromatic carbocycles. The minimum Gasteiger partial charge on any atom is -0.359 e. The van der Waals surface area contributed by atoms with Crippen LogP contribution in [0.1, 0.15) is 40.0 Å². The zero-order valence-electron chi connectivity index (χ0n) is 13.8. The van der Waals surface area contributed by atoms with Crippen molar-refractivity contribution in [3.05, 3.63) is 0 Å². The number of piperidine rings is 1. The molecule has 2 unspecified atom stereocenters. The number of nitrogens with zero attached hydrogens (tertiary/aromatic N) is 1. The predicted molar refractivity (Wildman–Crippen MR) is 82.7 cm³/mol. The lowest BCUT2D eigenvalue weighted by molar-refractivity contribution is -0.143. The third kappa shape index (κ3) is 3.07. The van der Waals surface area contributed by atoms with Crippen molar-refractivity contribution in [1.29, 1.82) is 0 Å². The molecule has 21 heavy (non-hydrogen) atoms. The first-order valence-corrected chi connectivity index (χ1v) is 8.03. The molecule has 120 valence electrons. The van der Waals surface area contributed by atoms with Gasteiger partial charge in [0, 0.05) is 25.6 Å². The molecule has 2 atom stereocenters. The van der Waals surface area contributed by atoms with E-state index in [0.717, 1.165) is 32.4 Å². The second-order valence-electron chi connectivity index (χ2n) is 7.38. The Balaban J connectivity index is 2.05. The summed E-state index contributed by atoms with van der Waals surface area (Å²) in [6.07, 6.45) is 2.99. The summed E-state index contributed by atoms with van der Waals surface area (Å²) in [6.45, 7) is 9.26. The first-order chi connectivity index (χ1) is 9.81. The SMILES string of the molecule is CNC(=O)C1(C)CCN(C(=O)C(C)(C)C2CCCNC2)C1. The van der Waals surface area contributed by atoms with Gasteiger partial charge in [-0.25, -0.2) is 0 Å². The van der Waals surface area contributed by atoms with Gasteiger partial charge in [-0.3, -0.25) is 9.59 Å². The van der Waals surface area contributed by atoms with Crippen LogP contribution in [0.25, 0.3) is 0 Å². The van der Waals surface area contributed by atoms with Crippen molar-refractivity contribution in [2.45, 2.75) is 40.0 Å². The zero-order chi connectivity index (χ0) is 15.7. The molecule has 5 nitrogen and oxygen atoms in total. The molecule has 2 aliphatic heterocycles. The number of carbonyl (C=O) groups is 2. The van der Waals surface area contributed by atoms with Crippen molar-refractivity contribution in [2.24, 2.45) is 16.7 Å². The molecule has 2 heterocycles. The molecule has 2 N–H and O–H groups in total. The Bertz CT molecular complexity index is 416. The van der Waals surface area contributed by atoms with Crippen LogP contribution in [0.2, 0.25) is 0 Å². The molecule has 2 saturated heterocycles. The maximum Gasteiger partial charge on any atom is 0.228 e. The van der Waals surface area contributed by atoms with Gasteiger partial charge >= 0.3 is 0 Å². The summed E-state index contributed by atoms with van der Waals surface area (Å²) in [6, 6.07) is 0. The van der Waals surface area contributed by atoms with Crippen LogP contribution in [-0.2, 0) is 9.59 Å². The molecule has 0 aliphatic carbocycles. The molecule has 2 amide bonds. The molecule has 0 saturated carbocycles. The molecule has 0 aromatic rings. The van der Waals surface area contributed by atoms with Crippen LogP contribution in [-0.4, -0.2) is 49.9 Å². The minimum absolute atomic E-state index is 0.0370. The van der Waals surface area contributed by atoms with Crippen LogP contribution in [0, 0.1) is 16.7 Å². The number of rotatable bonds is 3. The standard InChI is InChI=1S/C16H29N3O2/c1-15(2,12-6-5-8-18-10-12)14(21)19-9-7-16(3,11-19)13(20)17-4/h12,18H,5-11H2,1-4H3,(H,17,20).